The van der Waals surface area contributed by atoms with Crippen molar-refractivity contribution in [2.24, 2.45) is 5.10 Å². The van der Waals surface area contributed by atoms with E-state index in [1.54, 1.807) is 18.3 Å². The van der Waals surface area contributed by atoms with Gasteiger partial charge in [0.15, 0.2) is 0 Å². The molecule has 0 radical (unpaired) electrons. The van der Waals surface area contributed by atoms with Gasteiger partial charge in [-0.2, -0.15) is 5.10 Å². The van der Waals surface area contributed by atoms with E-state index in [4.69, 9.17) is 0 Å². The van der Waals surface area contributed by atoms with Gasteiger partial charge in [0.05, 0.1) is 6.21 Å². The molecule has 5 heteroatoms. The summed E-state index contributed by atoms with van der Waals surface area (Å²) in [5, 5.41) is 25.6. The van der Waals surface area contributed by atoms with E-state index < -0.39 is 0 Å². The first-order valence-corrected chi connectivity index (χ1v) is 8.27. The van der Waals surface area contributed by atoms with Crippen LogP contribution in [0.25, 0.3) is 0 Å². The van der Waals surface area contributed by atoms with E-state index in [0.29, 0.717) is 5.56 Å². The van der Waals surface area contributed by atoms with Crippen LogP contribution in [0.3, 0.4) is 0 Å². The largest absolute Gasteiger partial charge is 0.508 e. The number of piperazine rings is 1. The van der Waals surface area contributed by atoms with Gasteiger partial charge in [0.1, 0.15) is 11.5 Å². The lowest BCUT2D eigenvalue weighted by atomic mass is 9.94. The molecule has 0 unspecified atom stereocenters. The molecule has 0 atom stereocenters. The van der Waals surface area contributed by atoms with Crippen molar-refractivity contribution in [1.29, 1.82) is 0 Å². The molecule has 2 aliphatic rings. The van der Waals surface area contributed by atoms with Crippen molar-refractivity contribution >= 4 is 6.21 Å². The second-order valence-electron chi connectivity index (χ2n) is 6.27. The average molecular weight is 303 g/mol. The second-order valence-corrected chi connectivity index (χ2v) is 6.27. The molecule has 2 N–H and O–H groups in total. The molecular weight excluding hydrogens is 278 g/mol. The normalized spacial score (nSPS) is 21.5. The number of hydrogen-bond acceptors (Lipinski definition) is 5. The van der Waals surface area contributed by atoms with Crippen LogP contribution in [-0.4, -0.2) is 58.6 Å². The standard InChI is InChI=1S/C17H25N3O2/c21-16-7-6-14(17(22)12-16)13-18-20-10-8-19(9-11-20)15-4-2-1-3-5-15/h6-7,12-13,15,21-22H,1-5,8-11H2/b18-13+. The molecule has 120 valence electrons. The van der Waals surface area contributed by atoms with Crippen LogP contribution < -0.4 is 0 Å². The number of phenols is 2. The fourth-order valence-corrected chi connectivity index (χ4v) is 3.42. The molecule has 3 rings (SSSR count). The number of phenolic OH excluding ortho intramolecular Hbond substituents is 2. The molecule has 1 aliphatic carbocycles. The molecule has 22 heavy (non-hydrogen) atoms. The summed E-state index contributed by atoms with van der Waals surface area (Å²) in [7, 11) is 0. The number of rotatable bonds is 3. The minimum Gasteiger partial charge on any atom is -0.508 e. The molecule has 0 spiro atoms. The van der Waals surface area contributed by atoms with Gasteiger partial charge >= 0.3 is 0 Å². The van der Waals surface area contributed by atoms with Gasteiger partial charge in [-0.3, -0.25) is 9.91 Å². The third kappa shape index (κ3) is 3.71. The van der Waals surface area contributed by atoms with Crippen molar-refractivity contribution < 1.29 is 10.2 Å². The van der Waals surface area contributed by atoms with E-state index in [0.717, 1.165) is 32.2 Å². The van der Waals surface area contributed by atoms with E-state index in [9.17, 15) is 10.2 Å². The Morgan fingerprint density at radius 2 is 1.73 bits per heavy atom. The molecule has 2 fully saturated rings. The summed E-state index contributed by atoms with van der Waals surface area (Å²) in [6.45, 7) is 4.02. The van der Waals surface area contributed by atoms with Crippen LogP contribution in [0.2, 0.25) is 0 Å². The monoisotopic (exact) mass is 303 g/mol. The zero-order valence-corrected chi connectivity index (χ0v) is 13.0. The summed E-state index contributed by atoms with van der Waals surface area (Å²) in [5.74, 6) is 0.125. The van der Waals surface area contributed by atoms with Crippen molar-refractivity contribution in [3.63, 3.8) is 0 Å². The molecule has 1 saturated heterocycles. The van der Waals surface area contributed by atoms with Crippen LogP contribution in [0.15, 0.2) is 23.3 Å². The third-order valence-electron chi connectivity index (χ3n) is 4.76. The molecule has 1 heterocycles. The predicted molar refractivity (Wildman–Crippen MR) is 87.4 cm³/mol. The molecule has 1 saturated carbocycles. The van der Waals surface area contributed by atoms with E-state index in [-0.39, 0.29) is 11.5 Å². The van der Waals surface area contributed by atoms with Crippen LogP contribution in [-0.2, 0) is 0 Å². The lowest BCUT2D eigenvalue weighted by Gasteiger charge is -2.39. The second kappa shape index (κ2) is 7.01. The van der Waals surface area contributed by atoms with Crippen molar-refractivity contribution in [3.05, 3.63) is 23.8 Å². The minimum absolute atomic E-state index is 0.0598. The van der Waals surface area contributed by atoms with Gasteiger partial charge in [-0.1, -0.05) is 19.3 Å². The summed E-state index contributed by atoms with van der Waals surface area (Å²) >= 11 is 0. The van der Waals surface area contributed by atoms with Crippen LogP contribution in [0, 0.1) is 0 Å². The molecule has 0 amide bonds. The van der Waals surface area contributed by atoms with Gasteiger partial charge in [-0.15, -0.1) is 0 Å². The molecule has 0 aromatic heterocycles. The Balaban J connectivity index is 1.52. The maximum Gasteiger partial charge on any atom is 0.128 e. The van der Waals surface area contributed by atoms with Crippen LogP contribution in [0.5, 0.6) is 11.5 Å². The number of aromatic hydroxyl groups is 2. The van der Waals surface area contributed by atoms with E-state index >= 15 is 0 Å². The van der Waals surface area contributed by atoms with Gasteiger partial charge in [0, 0.05) is 43.9 Å². The molecule has 1 aliphatic heterocycles. The zero-order chi connectivity index (χ0) is 15.4. The number of hydrazone groups is 1. The summed E-state index contributed by atoms with van der Waals surface area (Å²) in [5.41, 5.74) is 0.632. The molecule has 0 bridgehead atoms. The smallest absolute Gasteiger partial charge is 0.128 e. The van der Waals surface area contributed by atoms with Crippen molar-refractivity contribution in [2.45, 2.75) is 38.1 Å². The summed E-state index contributed by atoms with van der Waals surface area (Å²) in [4.78, 5) is 2.61. The Bertz CT molecular complexity index is 519. The highest BCUT2D eigenvalue weighted by molar-refractivity contribution is 5.83. The topological polar surface area (TPSA) is 59.3 Å². The SMILES string of the molecule is Oc1ccc(/C=N/N2CCN(C3CCCCC3)CC2)c(O)c1. The zero-order valence-electron chi connectivity index (χ0n) is 13.0. The molecule has 1 aromatic carbocycles. The molecule has 5 nitrogen and oxygen atoms in total. The fourth-order valence-electron chi connectivity index (χ4n) is 3.42. The van der Waals surface area contributed by atoms with E-state index in [2.05, 4.69) is 15.0 Å². The first kappa shape index (κ1) is 15.2. The highest BCUT2D eigenvalue weighted by atomic mass is 16.3. The summed E-state index contributed by atoms with van der Waals surface area (Å²) in [6, 6.07) is 5.35. The Hall–Kier alpha value is -1.75. The van der Waals surface area contributed by atoms with Crippen LogP contribution in [0.1, 0.15) is 37.7 Å². The highest BCUT2D eigenvalue weighted by Gasteiger charge is 2.24. The van der Waals surface area contributed by atoms with E-state index in [1.165, 1.54) is 38.2 Å². The van der Waals surface area contributed by atoms with Crippen LogP contribution in [0.4, 0.5) is 0 Å². The lowest BCUT2D eigenvalue weighted by molar-refractivity contribution is 0.0811. The third-order valence-corrected chi connectivity index (χ3v) is 4.76. The summed E-state index contributed by atoms with van der Waals surface area (Å²) in [6.07, 6.45) is 8.53. The number of benzene rings is 1. The number of nitrogens with zero attached hydrogens (tertiary/aromatic N) is 3. The highest BCUT2D eigenvalue weighted by Crippen LogP contribution is 2.24. The minimum atomic E-state index is 0.0598. The lowest BCUT2D eigenvalue weighted by Crippen LogP contribution is -2.49. The predicted octanol–water partition coefficient (Wildman–Crippen LogP) is 2.38. The average Bonchev–Trinajstić information content (AvgIpc) is 2.55. The molecular formula is C17H25N3O2. The maximum atomic E-state index is 9.76. The summed E-state index contributed by atoms with van der Waals surface area (Å²) < 4.78 is 0. The van der Waals surface area contributed by atoms with Crippen LogP contribution >= 0.6 is 0 Å². The van der Waals surface area contributed by atoms with Gasteiger partial charge in [-0.25, -0.2) is 0 Å². The van der Waals surface area contributed by atoms with Gasteiger partial charge < -0.3 is 10.2 Å². The Morgan fingerprint density at radius 1 is 1.00 bits per heavy atom. The van der Waals surface area contributed by atoms with Crippen molar-refractivity contribution in [1.82, 2.24) is 9.91 Å². The van der Waals surface area contributed by atoms with Crippen molar-refractivity contribution in [3.8, 4) is 11.5 Å². The Labute approximate surface area is 131 Å². The van der Waals surface area contributed by atoms with E-state index in [1.807, 2.05) is 0 Å². The first-order chi connectivity index (χ1) is 10.7. The Kier molecular flexibility index (Phi) is 4.83. The maximum absolute atomic E-state index is 9.76. The van der Waals surface area contributed by atoms with Gasteiger partial charge in [-0.05, 0) is 25.0 Å². The quantitative estimate of drug-likeness (QED) is 0.842. The van der Waals surface area contributed by atoms with Crippen molar-refractivity contribution in [2.75, 3.05) is 26.2 Å². The van der Waals surface area contributed by atoms with Gasteiger partial charge in [0.2, 0.25) is 0 Å². The first-order valence-electron chi connectivity index (χ1n) is 8.27. The molecule has 1 aromatic rings. The number of hydrogen-bond donors (Lipinski definition) is 2. The fraction of sp³-hybridized carbons (Fsp3) is 0.588. The van der Waals surface area contributed by atoms with Gasteiger partial charge in [0.25, 0.3) is 0 Å². The Morgan fingerprint density at radius 3 is 2.41 bits per heavy atom.